The second-order valence-corrected chi connectivity index (χ2v) is 4.65. The topological polar surface area (TPSA) is 50.7 Å². The fraction of sp³-hybridized carbons (Fsp3) is 0.143. The highest BCUT2D eigenvalue weighted by molar-refractivity contribution is 6.31. The third-order valence-electron chi connectivity index (χ3n) is 2.89. The van der Waals surface area contributed by atoms with Crippen molar-refractivity contribution in [1.82, 2.24) is 0 Å². The number of hydrogen-bond donors (Lipinski definition) is 1. The number of ether oxygens (including phenoxy) is 1. The lowest BCUT2D eigenvalue weighted by Crippen LogP contribution is -2.23. The van der Waals surface area contributed by atoms with Gasteiger partial charge in [0.25, 0.3) is 0 Å². The molecule has 1 unspecified atom stereocenters. The number of halogens is 1. The third kappa shape index (κ3) is 2.39. The predicted molar refractivity (Wildman–Crippen MR) is 74.6 cm³/mol. The number of hydrogen-bond acceptors (Lipinski definition) is 3. The Morgan fingerprint density at radius 3 is 3.05 bits per heavy atom. The highest BCUT2D eigenvalue weighted by Crippen LogP contribution is 2.26. The standard InChI is InChI=1S/C14H11ClN2O2/c15-9-4-5-11-10(7-9)14(16-8-13(18)17-11)12-3-1-2-6-19-12/h1-7,12H,8H2,(H,17,18). The van der Waals surface area contributed by atoms with Gasteiger partial charge in [0.15, 0.2) is 6.10 Å². The summed E-state index contributed by atoms with van der Waals surface area (Å²) >= 11 is 6.03. The van der Waals surface area contributed by atoms with E-state index in [4.69, 9.17) is 16.3 Å². The van der Waals surface area contributed by atoms with Gasteiger partial charge in [-0.3, -0.25) is 9.79 Å². The first-order chi connectivity index (χ1) is 9.24. The Labute approximate surface area is 115 Å². The van der Waals surface area contributed by atoms with E-state index in [1.807, 2.05) is 12.2 Å². The molecule has 0 aromatic heterocycles. The van der Waals surface area contributed by atoms with Crippen LogP contribution in [0.5, 0.6) is 0 Å². The summed E-state index contributed by atoms with van der Waals surface area (Å²) in [5.41, 5.74) is 2.21. The molecule has 96 valence electrons. The van der Waals surface area contributed by atoms with Gasteiger partial charge in [-0.2, -0.15) is 0 Å². The number of aliphatic imine (C=N–C) groups is 1. The molecule has 1 aromatic carbocycles. The number of rotatable bonds is 1. The van der Waals surface area contributed by atoms with Crippen molar-refractivity contribution in [2.24, 2.45) is 4.99 Å². The fourth-order valence-electron chi connectivity index (χ4n) is 2.05. The number of benzene rings is 1. The minimum atomic E-state index is -0.296. The number of carbonyl (C=O) groups excluding carboxylic acids is 1. The van der Waals surface area contributed by atoms with Crippen molar-refractivity contribution in [3.63, 3.8) is 0 Å². The zero-order valence-corrected chi connectivity index (χ0v) is 10.7. The number of anilines is 1. The second kappa shape index (κ2) is 4.90. The van der Waals surface area contributed by atoms with E-state index in [0.29, 0.717) is 16.4 Å². The zero-order chi connectivity index (χ0) is 13.2. The van der Waals surface area contributed by atoms with E-state index in [1.165, 1.54) is 0 Å². The van der Waals surface area contributed by atoms with Crippen molar-refractivity contribution in [1.29, 1.82) is 0 Å². The Morgan fingerprint density at radius 1 is 1.37 bits per heavy atom. The van der Waals surface area contributed by atoms with Crippen LogP contribution in [0.1, 0.15) is 5.56 Å². The highest BCUT2D eigenvalue weighted by atomic mass is 35.5. The predicted octanol–water partition coefficient (Wildman–Crippen LogP) is 2.55. The third-order valence-corrected chi connectivity index (χ3v) is 3.13. The molecular weight excluding hydrogens is 264 g/mol. The van der Waals surface area contributed by atoms with Crippen LogP contribution in [0.3, 0.4) is 0 Å². The Hall–Kier alpha value is -2.07. The lowest BCUT2D eigenvalue weighted by molar-refractivity contribution is -0.114. The molecule has 2 heterocycles. The van der Waals surface area contributed by atoms with E-state index in [9.17, 15) is 4.79 Å². The molecule has 0 saturated carbocycles. The molecule has 0 fully saturated rings. The molecule has 4 nitrogen and oxygen atoms in total. The van der Waals surface area contributed by atoms with Gasteiger partial charge in [-0.05, 0) is 30.4 Å². The van der Waals surface area contributed by atoms with E-state index in [1.54, 1.807) is 30.5 Å². The number of allylic oxidation sites excluding steroid dienone is 2. The first kappa shape index (κ1) is 12.0. The summed E-state index contributed by atoms with van der Waals surface area (Å²) in [4.78, 5) is 16.0. The van der Waals surface area contributed by atoms with Gasteiger partial charge in [0, 0.05) is 10.6 Å². The molecule has 0 spiro atoms. The summed E-state index contributed by atoms with van der Waals surface area (Å²) in [7, 11) is 0. The average molecular weight is 275 g/mol. The Morgan fingerprint density at radius 2 is 2.26 bits per heavy atom. The van der Waals surface area contributed by atoms with Crippen molar-refractivity contribution < 1.29 is 9.53 Å². The lowest BCUT2D eigenvalue weighted by Gasteiger charge is -2.18. The van der Waals surface area contributed by atoms with E-state index in [-0.39, 0.29) is 18.6 Å². The van der Waals surface area contributed by atoms with Crippen LogP contribution in [0.15, 0.2) is 47.7 Å². The summed E-state index contributed by atoms with van der Waals surface area (Å²) in [5, 5.41) is 3.40. The number of nitrogens with zero attached hydrogens (tertiary/aromatic N) is 1. The molecule has 1 amide bonds. The van der Waals surface area contributed by atoms with Crippen LogP contribution in [0.25, 0.3) is 0 Å². The Balaban J connectivity index is 2.08. The van der Waals surface area contributed by atoms with E-state index >= 15 is 0 Å². The van der Waals surface area contributed by atoms with Crippen LogP contribution in [-0.2, 0) is 9.53 Å². The Kier molecular flexibility index (Phi) is 3.09. The largest absolute Gasteiger partial charge is 0.488 e. The molecule has 3 rings (SSSR count). The molecule has 0 saturated heterocycles. The summed E-state index contributed by atoms with van der Waals surface area (Å²) in [6, 6.07) is 5.30. The smallest absolute Gasteiger partial charge is 0.246 e. The summed E-state index contributed by atoms with van der Waals surface area (Å²) in [6.45, 7) is 0.0824. The molecular formula is C14H11ClN2O2. The number of benzodiazepines with no additional fused rings is 1. The monoisotopic (exact) mass is 274 g/mol. The maximum absolute atomic E-state index is 11.6. The molecule has 1 atom stereocenters. The van der Waals surface area contributed by atoms with Crippen LogP contribution in [0.2, 0.25) is 5.02 Å². The van der Waals surface area contributed by atoms with Crippen LogP contribution in [0, 0.1) is 0 Å². The number of carbonyl (C=O) groups is 1. The number of amides is 1. The molecule has 5 heteroatoms. The van der Waals surface area contributed by atoms with E-state index in [0.717, 1.165) is 5.56 Å². The molecule has 19 heavy (non-hydrogen) atoms. The first-order valence-electron chi connectivity index (χ1n) is 5.87. The quantitative estimate of drug-likeness (QED) is 0.856. The summed E-state index contributed by atoms with van der Waals surface area (Å²) in [5.74, 6) is -0.145. The highest BCUT2D eigenvalue weighted by Gasteiger charge is 2.23. The van der Waals surface area contributed by atoms with E-state index in [2.05, 4.69) is 10.3 Å². The second-order valence-electron chi connectivity index (χ2n) is 4.21. The van der Waals surface area contributed by atoms with Gasteiger partial charge in [-0.15, -0.1) is 0 Å². The van der Waals surface area contributed by atoms with Gasteiger partial charge in [-0.1, -0.05) is 17.7 Å². The fourth-order valence-corrected chi connectivity index (χ4v) is 2.23. The Bertz CT molecular complexity index is 620. The average Bonchev–Trinajstić information content (AvgIpc) is 2.58. The SMILES string of the molecule is O=C1CN=C(C2C=CC=CO2)c2cc(Cl)ccc2N1. The molecule has 0 radical (unpaired) electrons. The molecule has 2 aliphatic heterocycles. The van der Waals surface area contributed by atoms with Crippen molar-refractivity contribution >= 4 is 28.9 Å². The van der Waals surface area contributed by atoms with Gasteiger partial charge < -0.3 is 10.1 Å². The van der Waals surface area contributed by atoms with Crippen LogP contribution >= 0.6 is 11.6 Å². The van der Waals surface area contributed by atoms with Crippen LogP contribution < -0.4 is 5.32 Å². The van der Waals surface area contributed by atoms with Gasteiger partial charge in [0.05, 0.1) is 17.7 Å². The molecule has 1 aromatic rings. The molecule has 1 N–H and O–H groups in total. The first-order valence-corrected chi connectivity index (χ1v) is 6.25. The van der Waals surface area contributed by atoms with Crippen molar-refractivity contribution in [3.8, 4) is 0 Å². The molecule has 0 aliphatic carbocycles. The van der Waals surface area contributed by atoms with Gasteiger partial charge >= 0.3 is 0 Å². The van der Waals surface area contributed by atoms with Gasteiger partial charge in [-0.25, -0.2) is 0 Å². The maximum atomic E-state index is 11.6. The van der Waals surface area contributed by atoms with Gasteiger partial charge in [0.1, 0.15) is 6.54 Å². The van der Waals surface area contributed by atoms with Crippen molar-refractivity contribution in [2.45, 2.75) is 6.10 Å². The minimum absolute atomic E-state index is 0.0824. The minimum Gasteiger partial charge on any atom is -0.488 e. The van der Waals surface area contributed by atoms with Crippen LogP contribution in [0.4, 0.5) is 5.69 Å². The molecule has 2 aliphatic rings. The van der Waals surface area contributed by atoms with E-state index < -0.39 is 0 Å². The van der Waals surface area contributed by atoms with Crippen molar-refractivity contribution in [3.05, 3.63) is 53.3 Å². The normalized spacial score (nSPS) is 21.0. The maximum Gasteiger partial charge on any atom is 0.246 e. The van der Waals surface area contributed by atoms with Gasteiger partial charge in [0.2, 0.25) is 5.91 Å². The summed E-state index contributed by atoms with van der Waals surface area (Å²) < 4.78 is 5.52. The zero-order valence-electron chi connectivity index (χ0n) is 9.97. The lowest BCUT2D eigenvalue weighted by atomic mass is 10.0. The number of fused-ring (bicyclic) bond motifs is 1. The molecule has 0 bridgehead atoms. The van der Waals surface area contributed by atoms with Crippen LogP contribution in [-0.4, -0.2) is 24.3 Å². The summed E-state index contributed by atoms with van der Waals surface area (Å²) in [6.07, 6.45) is 6.89. The number of nitrogens with one attached hydrogen (secondary N) is 1. The van der Waals surface area contributed by atoms with Crippen molar-refractivity contribution in [2.75, 3.05) is 11.9 Å².